The number of nitrogens with zero attached hydrogens (tertiary/aromatic N) is 2. The van der Waals surface area contributed by atoms with Crippen molar-refractivity contribution in [3.63, 3.8) is 0 Å². The number of non-ortho nitro benzene ring substituents is 1. The van der Waals surface area contributed by atoms with E-state index >= 15 is 0 Å². The summed E-state index contributed by atoms with van der Waals surface area (Å²) in [5.41, 5.74) is 7.28. The zero-order chi connectivity index (χ0) is 13.3. The number of rotatable bonds is 3. The van der Waals surface area contributed by atoms with Crippen LogP contribution in [0.3, 0.4) is 0 Å². The first kappa shape index (κ1) is 12.5. The third-order valence-corrected chi connectivity index (χ3v) is 3.11. The number of nitrogens with two attached hydrogens (primary N) is 1. The van der Waals surface area contributed by atoms with E-state index in [1.165, 1.54) is 12.1 Å². The molecule has 0 radical (unpaired) electrons. The summed E-state index contributed by atoms with van der Waals surface area (Å²) in [7, 11) is 0. The molecule has 1 atom stereocenters. The van der Waals surface area contributed by atoms with E-state index in [0.717, 1.165) is 5.56 Å². The van der Waals surface area contributed by atoms with Gasteiger partial charge < -0.3 is 10.6 Å². The SMILES string of the molecule is CCc1ccc([N+](=O)[O-])cc1N1CC(N)CC1=O. The van der Waals surface area contributed by atoms with Crippen LogP contribution in [0.25, 0.3) is 0 Å². The molecule has 18 heavy (non-hydrogen) atoms. The lowest BCUT2D eigenvalue weighted by molar-refractivity contribution is -0.384. The van der Waals surface area contributed by atoms with Crippen LogP contribution >= 0.6 is 0 Å². The molecule has 0 aromatic heterocycles. The van der Waals surface area contributed by atoms with Crippen molar-refractivity contribution >= 4 is 17.3 Å². The van der Waals surface area contributed by atoms with Gasteiger partial charge in [-0.2, -0.15) is 0 Å². The van der Waals surface area contributed by atoms with Gasteiger partial charge in [0.25, 0.3) is 5.69 Å². The van der Waals surface area contributed by atoms with Gasteiger partial charge in [0.05, 0.1) is 10.6 Å². The summed E-state index contributed by atoms with van der Waals surface area (Å²) in [5.74, 6) is -0.0716. The van der Waals surface area contributed by atoms with Gasteiger partial charge in [-0.3, -0.25) is 14.9 Å². The minimum atomic E-state index is -0.455. The molecule has 0 bridgehead atoms. The molecule has 1 amide bonds. The Morgan fingerprint density at radius 1 is 1.56 bits per heavy atom. The van der Waals surface area contributed by atoms with Crippen molar-refractivity contribution in [1.29, 1.82) is 0 Å². The van der Waals surface area contributed by atoms with Gasteiger partial charge in [-0.1, -0.05) is 13.0 Å². The third kappa shape index (κ3) is 2.19. The van der Waals surface area contributed by atoms with Gasteiger partial charge in [-0.25, -0.2) is 0 Å². The van der Waals surface area contributed by atoms with E-state index in [1.807, 2.05) is 6.92 Å². The van der Waals surface area contributed by atoms with Crippen LogP contribution in [0.4, 0.5) is 11.4 Å². The van der Waals surface area contributed by atoms with Gasteiger partial charge >= 0.3 is 0 Å². The first-order valence-electron chi connectivity index (χ1n) is 5.86. The summed E-state index contributed by atoms with van der Waals surface area (Å²) < 4.78 is 0. The molecule has 1 aliphatic heterocycles. The van der Waals surface area contributed by atoms with Crippen LogP contribution < -0.4 is 10.6 Å². The van der Waals surface area contributed by atoms with Crippen LogP contribution in [0, 0.1) is 10.1 Å². The molecule has 0 spiro atoms. The maximum absolute atomic E-state index is 11.8. The Kier molecular flexibility index (Phi) is 3.29. The highest BCUT2D eigenvalue weighted by Gasteiger charge is 2.30. The minimum absolute atomic E-state index is 0.00419. The van der Waals surface area contributed by atoms with E-state index in [-0.39, 0.29) is 17.6 Å². The number of amides is 1. The highest BCUT2D eigenvalue weighted by Crippen LogP contribution is 2.29. The van der Waals surface area contributed by atoms with Gasteiger partial charge in [-0.05, 0) is 12.0 Å². The van der Waals surface area contributed by atoms with Crippen LogP contribution in [0.2, 0.25) is 0 Å². The summed E-state index contributed by atoms with van der Waals surface area (Å²) in [6.07, 6.45) is 1.01. The lowest BCUT2D eigenvalue weighted by Gasteiger charge is -2.19. The topological polar surface area (TPSA) is 89.5 Å². The van der Waals surface area contributed by atoms with Crippen LogP contribution in [0.15, 0.2) is 18.2 Å². The van der Waals surface area contributed by atoms with E-state index in [9.17, 15) is 14.9 Å². The molecule has 1 aromatic rings. The fourth-order valence-electron chi connectivity index (χ4n) is 2.18. The smallest absolute Gasteiger partial charge is 0.271 e. The van der Waals surface area contributed by atoms with Gasteiger partial charge in [0.1, 0.15) is 0 Å². The van der Waals surface area contributed by atoms with E-state index in [4.69, 9.17) is 5.73 Å². The van der Waals surface area contributed by atoms with Gasteiger partial charge in [0.2, 0.25) is 5.91 Å². The van der Waals surface area contributed by atoms with E-state index in [1.54, 1.807) is 11.0 Å². The second kappa shape index (κ2) is 4.73. The molecule has 1 saturated heterocycles. The van der Waals surface area contributed by atoms with Gasteiger partial charge in [0, 0.05) is 31.1 Å². The lowest BCUT2D eigenvalue weighted by atomic mass is 10.1. The number of carbonyl (C=O) groups is 1. The number of hydrogen-bond donors (Lipinski definition) is 1. The number of nitro groups is 1. The Bertz CT molecular complexity index is 501. The molecule has 6 nitrogen and oxygen atoms in total. The number of benzene rings is 1. The molecule has 1 fully saturated rings. The number of hydrogen-bond acceptors (Lipinski definition) is 4. The Hall–Kier alpha value is -1.95. The molecule has 0 saturated carbocycles. The largest absolute Gasteiger partial charge is 0.326 e. The molecule has 1 unspecified atom stereocenters. The average Bonchev–Trinajstić information content (AvgIpc) is 2.67. The minimum Gasteiger partial charge on any atom is -0.326 e. The summed E-state index contributed by atoms with van der Waals surface area (Å²) in [5, 5.41) is 10.8. The number of aryl methyl sites for hydroxylation is 1. The molecular formula is C12H15N3O3. The first-order chi connectivity index (χ1) is 8.52. The molecule has 0 aliphatic carbocycles. The maximum atomic E-state index is 11.8. The summed E-state index contributed by atoms with van der Waals surface area (Å²) in [6.45, 7) is 2.37. The number of anilines is 1. The molecule has 96 valence electrons. The molecule has 6 heteroatoms. The Morgan fingerprint density at radius 3 is 2.78 bits per heavy atom. The Balaban J connectivity index is 2.44. The third-order valence-electron chi connectivity index (χ3n) is 3.11. The highest BCUT2D eigenvalue weighted by molar-refractivity contribution is 5.97. The van der Waals surface area contributed by atoms with Crippen LogP contribution in [0.5, 0.6) is 0 Å². The standard InChI is InChI=1S/C12H15N3O3/c1-2-8-3-4-10(15(17)18)6-11(8)14-7-9(13)5-12(14)16/h3-4,6,9H,2,5,7,13H2,1H3. The fourth-order valence-corrected chi connectivity index (χ4v) is 2.18. The van der Waals surface area contributed by atoms with Gasteiger partial charge in [0.15, 0.2) is 0 Å². The summed E-state index contributed by atoms with van der Waals surface area (Å²) in [4.78, 5) is 23.7. The lowest BCUT2D eigenvalue weighted by Crippen LogP contribution is -2.28. The van der Waals surface area contributed by atoms with Crippen LogP contribution in [-0.4, -0.2) is 23.4 Å². The average molecular weight is 249 g/mol. The molecule has 1 aliphatic rings. The van der Waals surface area contributed by atoms with Crippen molar-refractivity contribution in [3.05, 3.63) is 33.9 Å². The Morgan fingerprint density at radius 2 is 2.28 bits per heavy atom. The summed E-state index contributed by atoms with van der Waals surface area (Å²) in [6, 6.07) is 4.42. The van der Waals surface area contributed by atoms with Crippen LogP contribution in [0.1, 0.15) is 18.9 Å². The molecule has 1 heterocycles. The van der Waals surface area contributed by atoms with Crippen molar-refractivity contribution in [2.75, 3.05) is 11.4 Å². The Labute approximate surface area is 105 Å². The van der Waals surface area contributed by atoms with Crippen molar-refractivity contribution in [2.24, 2.45) is 5.73 Å². The normalized spacial score (nSPS) is 19.3. The predicted octanol–water partition coefficient (Wildman–Crippen LogP) is 1.22. The van der Waals surface area contributed by atoms with E-state index < -0.39 is 4.92 Å². The molecular weight excluding hydrogens is 234 g/mol. The number of nitro benzene ring substituents is 1. The van der Waals surface area contributed by atoms with E-state index in [2.05, 4.69) is 0 Å². The summed E-state index contributed by atoms with van der Waals surface area (Å²) >= 11 is 0. The molecule has 2 N–H and O–H groups in total. The highest BCUT2D eigenvalue weighted by atomic mass is 16.6. The van der Waals surface area contributed by atoms with Crippen molar-refractivity contribution in [1.82, 2.24) is 0 Å². The molecule has 1 aromatic carbocycles. The van der Waals surface area contributed by atoms with Gasteiger partial charge in [-0.15, -0.1) is 0 Å². The van der Waals surface area contributed by atoms with Crippen molar-refractivity contribution < 1.29 is 9.72 Å². The monoisotopic (exact) mass is 249 g/mol. The fraction of sp³-hybridized carbons (Fsp3) is 0.417. The van der Waals surface area contributed by atoms with Crippen molar-refractivity contribution in [3.8, 4) is 0 Å². The first-order valence-corrected chi connectivity index (χ1v) is 5.86. The zero-order valence-corrected chi connectivity index (χ0v) is 10.1. The quantitative estimate of drug-likeness (QED) is 0.644. The molecule has 2 rings (SSSR count). The second-order valence-corrected chi connectivity index (χ2v) is 4.39. The maximum Gasteiger partial charge on any atom is 0.271 e. The zero-order valence-electron chi connectivity index (χ0n) is 10.1. The second-order valence-electron chi connectivity index (χ2n) is 4.39. The van der Waals surface area contributed by atoms with E-state index in [0.29, 0.717) is 25.1 Å². The van der Waals surface area contributed by atoms with Crippen molar-refractivity contribution in [2.45, 2.75) is 25.8 Å². The van der Waals surface area contributed by atoms with Crippen LogP contribution in [-0.2, 0) is 11.2 Å². The predicted molar refractivity (Wildman–Crippen MR) is 67.4 cm³/mol. The number of carbonyl (C=O) groups excluding carboxylic acids is 1.